The van der Waals surface area contributed by atoms with E-state index < -0.39 is 24.0 Å². The third-order valence-electron chi connectivity index (χ3n) is 5.95. The van der Waals surface area contributed by atoms with Gasteiger partial charge in [0.05, 0.1) is 34.8 Å². The van der Waals surface area contributed by atoms with E-state index in [9.17, 15) is 14.4 Å². The fraction of sp³-hybridized carbons (Fsp3) is 0.267. The van der Waals surface area contributed by atoms with Crippen LogP contribution < -0.4 is 4.90 Å². The molecule has 2 aromatic heterocycles. The number of thiazole rings is 1. The molecule has 2 heterocycles. The van der Waals surface area contributed by atoms with Crippen molar-refractivity contribution in [2.24, 2.45) is 20.5 Å². The van der Waals surface area contributed by atoms with Crippen LogP contribution in [0.4, 0.5) is 27.2 Å². The third kappa shape index (κ3) is 8.84. The molecule has 4 rings (SSSR count). The minimum atomic E-state index is -0.997. The van der Waals surface area contributed by atoms with Crippen molar-refractivity contribution in [1.82, 2.24) is 4.98 Å². The van der Waals surface area contributed by atoms with Crippen LogP contribution in [0.3, 0.4) is 0 Å². The summed E-state index contributed by atoms with van der Waals surface area (Å²) in [4.78, 5) is 42.6. The Bertz CT molecular complexity index is 1630. The van der Waals surface area contributed by atoms with E-state index in [1.165, 1.54) is 29.6 Å². The van der Waals surface area contributed by atoms with Gasteiger partial charge in [-0.15, -0.1) is 20.5 Å². The van der Waals surface area contributed by atoms with Gasteiger partial charge in [-0.1, -0.05) is 29.3 Å². The molecule has 0 saturated carbocycles. The van der Waals surface area contributed by atoms with E-state index in [4.69, 9.17) is 14.2 Å². The fourth-order valence-electron chi connectivity index (χ4n) is 3.73. The first kappa shape index (κ1) is 32.1. The Morgan fingerprint density at radius 2 is 1.64 bits per heavy atom. The molecule has 0 aliphatic heterocycles. The van der Waals surface area contributed by atoms with Crippen LogP contribution in [-0.2, 0) is 23.8 Å². The molecule has 0 N–H and O–H groups in total. The van der Waals surface area contributed by atoms with Gasteiger partial charge >= 0.3 is 17.9 Å². The molecule has 0 aliphatic rings. The van der Waals surface area contributed by atoms with Gasteiger partial charge in [0.1, 0.15) is 16.4 Å². The number of azo groups is 2. The summed E-state index contributed by atoms with van der Waals surface area (Å²) in [5, 5.41) is 18.3. The molecule has 2 aromatic carbocycles. The number of benzene rings is 2. The summed E-state index contributed by atoms with van der Waals surface area (Å²) in [6.45, 7) is 10.4. The number of rotatable bonds is 14. The number of carbonyl (C=O) groups is 3. The second kappa shape index (κ2) is 15.6. The van der Waals surface area contributed by atoms with Gasteiger partial charge in [0.15, 0.2) is 6.10 Å². The highest BCUT2D eigenvalue weighted by atomic mass is 32.1. The summed E-state index contributed by atoms with van der Waals surface area (Å²) in [6.07, 6.45) is 0.152. The third-order valence-corrected chi connectivity index (χ3v) is 7.88. The minimum Gasteiger partial charge on any atom is -0.463 e. The van der Waals surface area contributed by atoms with Crippen molar-refractivity contribution in [3.8, 4) is 0 Å². The molecule has 44 heavy (non-hydrogen) atoms. The zero-order valence-corrected chi connectivity index (χ0v) is 26.0. The Kier molecular flexibility index (Phi) is 11.4. The Labute approximate surface area is 261 Å². The molecule has 0 spiro atoms. The van der Waals surface area contributed by atoms with Crippen LogP contribution >= 0.6 is 22.7 Å². The molecule has 228 valence electrons. The zero-order valence-electron chi connectivity index (χ0n) is 24.3. The SMILES string of the molecule is C=CC(=O)OCCN(CC)c1ccc(N=Nc2nc3sc(N=Nc4ccc(C(=O)OC(C)C(=O)OCC)cc4)cc3s2)cc1. The summed E-state index contributed by atoms with van der Waals surface area (Å²) in [5.41, 5.74) is 2.49. The van der Waals surface area contributed by atoms with E-state index in [-0.39, 0.29) is 18.8 Å². The molecule has 1 atom stereocenters. The van der Waals surface area contributed by atoms with Crippen LogP contribution in [0.1, 0.15) is 31.1 Å². The number of fused-ring (bicyclic) bond motifs is 1. The van der Waals surface area contributed by atoms with E-state index in [1.54, 1.807) is 31.2 Å². The molecule has 4 aromatic rings. The molecule has 12 nitrogen and oxygen atoms in total. The topological polar surface area (TPSA) is 144 Å². The number of nitrogens with zero attached hydrogens (tertiary/aromatic N) is 6. The van der Waals surface area contributed by atoms with Gasteiger partial charge in [0.25, 0.3) is 0 Å². The molecule has 0 fully saturated rings. The predicted octanol–water partition coefficient (Wildman–Crippen LogP) is 7.85. The van der Waals surface area contributed by atoms with Crippen molar-refractivity contribution in [1.29, 1.82) is 0 Å². The lowest BCUT2D eigenvalue weighted by Crippen LogP contribution is -2.27. The van der Waals surface area contributed by atoms with E-state index >= 15 is 0 Å². The second-order valence-electron chi connectivity index (χ2n) is 8.96. The number of esters is 3. The van der Waals surface area contributed by atoms with E-state index in [1.807, 2.05) is 37.3 Å². The Morgan fingerprint density at radius 1 is 0.955 bits per heavy atom. The lowest BCUT2D eigenvalue weighted by Gasteiger charge is -2.22. The van der Waals surface area contributed by atoms with E-state index in [0.717, 1.165) is 27.8 Å². The lowest BCUT2D eigenvalue weighted by molar-refractivity contribution is -0.152. The number of hydrogen-bond donors (Lipinski definition) is 0. The van der Waals surface area contributed by atoms with Crippen molar-refractivity contribution in [3.63, 3.8) is 0 Å². The van der Waals surface area contributed by atoms with Gasteiger partial charge in [-0.3, -0.25) is 0 Å². The van der Waals surface area contributed by atoms with Gasteiger partial charge in [0.2, 0.25) is 5.13 Å². The van der Waals surface area contributed by atoms with Gasteiger partial charge in [-0.2, -0.15) is 0 Å². The second-order valence-corrected chi connectivity index (χ2v) is 11.0. The van der Waals surface area contributed by atoms with Crippen molar-refractivity contribution >= 4 is 77.3 Å². The summed E-state index contributed by atoms with van der Waals surface area (Å²) in [5.74, 6) is -1.67. The fourth-order valence-corrected chi connectivity index (χ4v) is 5.58. The van der Waals surface area contributed by atoms with Crippen LogP contribution in [0.25, 0.3) is 9.53 Å². The maximum atomic E-state index is 12.3. The Hall–Kier alpha value is -4.82. The van der Waals surface area contributed by atoms with Gasteiger partial charge in [-0.25, -0.2) is 19.4 Å². The number of ether oxygens (including phenoxy) is 3. The van der Waals surface area contributed by atoms with Crippen molar-refractivity contribution in [3.05, 3.63) is 72.8 Å². The highest BCUT2D eigenvalue weighted by Gasteiger charge is 2.20. The van der Waals surface area contributed by atoms with E-state index in [0.29, 0.717) is 28.1 Å². The first-order valence-corrected chi connectivity index (χ1v) is 15.3. The first-order chi connectivity index (χ1) is 21.3. The van der Waals surface area contributed by atoms with Crippen molar-refractivity contribution < 1.29 is 28.6 Å². The number of hydrogen-bond acceptors (Lipinski definition) is 14. The highest BCUT2D eigenvalue weighted by Crippen LogP contribution is 2.39. The van der Waals surface area contributed by atoms with Crippen LogP contribution in [0, 0.1) is 0 Å². The van der Waals surface area contributed by atoms with E-state index in [2.05, 4.69) is 36.9 Å². The molecule has 0 saturated heterocycles. The van der Waals surface area contributed by atoms with Gasteiger partial charge in [0, 0.05) is 18.3 Å². The maximum absolute atomic E-state index is 12.3. The zero-order chi connectivity index (χ0) is 31.5. The van der Waals surface area contributed by atoms with Gasteiger partial charge < -0.3 is 19.1 Å². The smallest absolute Gasteiger partial charge is 0.347 e. The molecule has 14 heteroatoms. The standard InChI is InChI=1S/C30H30N6O6S2/c1-5-26(37)41-17-16-36(6-2)23-14-12-22(13-15-23)33-35-30-31-27-24(43-30)18-25(44-27)34-32-21-10-8-20(9-11-21)29(39)42-19(4)28(38)40-7-3/h5,8-15,18-19H,1,6-7,16-17H2,2-4H3. The molecular weight excluding hydrogens is 605 g/mol. The predicted molar refractivity (Wildman–Crippen MR) is 169 cm³/mol. The quantitative estimate of drug-likeness (QED) is 0.0590. The summed E-state index contributed by atoms with van der Waals surface area (Å²) >= 11 is 2.77. The van der Waals surface area contributed by atoms with Crippen LogP contribution in [0.2, 0.25) is 0 Å². The van der Waals surface area contributed by atoms with Crippen LogP contribution in [0.15, 0.2) is 87.7 Å². The van der Waals surface area contributed by atoms with Crippen molar-refractivity contribution in [2.75, 3.05) is 31.2 Å². The molecular formula is C30H30N6O6S2. The molecule has 0 amide bonds. The van der Waals surface area contributed by atoms with Crippen molar-refractivity contribution in [2.45, 2.75) is 26.9 Å². The normalized spacial score (nSPS) is 12.0. The number of anilines is 1. The number of aromatic nitrogens is 1. The summed E-state index contributed by atoms with van der Waals surface area (Å²) in [6, 6.07) is 15.9. The highest BCUT2D eigenvalue weighted by molar-refractivity contribution is 7.30. The maximum Gasteiger partial charge on any atom is 0.347 e. The number of thiophene rings is 1. The largest absolute Gasteiger partial charge is 0.463 e. The lowest BCUT2D eigenvalue weighted by atomic mass is 10.2. The molecule has 0 bridgehead atoms. The minimum absolute atomic E-state index is 0.209. The average Bonchev–Trinajstić information content (AvgIpc) is 3.60. The Morgan fingerprint density at radius 3 is 2.27 bits per heavy atom. The van der Waals surface area contributed by atoms with Crippen LogP contribution in [0.5, 0.6) is 0 Å². The monoisotopic (exact) mass is 634 g/mol. The Balaban J connectivity index is 1.31. The number of likely N-dealkylation sites (N-methyl/N-ethyl adjacent to an activating group) is 1. The first-order valence-electron chi connectivity index (χ1n) is 13.6. The molecule has 1 unspecified atom stereocenters. The van der Waals surface area contributed by atoms with Crippen LogP contribution in [-0.4, -0.2) is 55.3 Å². The average molecular weight is 635 g/mol. The van der Waals surface area contributed by atoms with Gasteiger partial charge in [-0.05, 0) is 75.4 Å². The summed E-state index contributed by atoms with van der Waals surface area (Å²) < 4.78 is 16.0. The number of carbonyl (C=O) groups excluding carboxylic acids is 3. The molecule has 0 aliphatic carbocycles. The molecule has 0 radical (unpaired) electrons. The summed E-state index contributed by atoms with van der Waals surface area (Å²) in [7, 11) is 0.